The van der Waals surface area contributed by atoms with Gasteiger partial charge in [-0.05, 0) is 82.0 Å². The highest BCUT2D eigenvalue weighted by molar-refractivity contribution is 5.99. The van der Waals surface area contributed by atoms with E-state index in [4.69, 9.17) is 10.5 Å². The lowest BCUT2D eigenvalue weighted by Gasteiger charge is -2.35. The van der Waals surface area contributed by atoms with Crippen molar-refractivity contribution >= 4 is 47.0 Å². The number of nitrogens with zero attached hydrogens (tertiary/aromatic N) is 4. The van der Waals surface area contributed by atoms with Crippen molar-refractivity contribution in [2.75, 3.05) is 51.1 Å². The first-order valence-electron chi connectivity index (χ1n) is 15.7. The van der Waals surface area contributed by atoms with Gasteiger partial charge < -0.3 is 40.9 Å². The third kappa shape index (κ3) is 9.92. The molecule has 5 N–H and O–H groups in total. The van der Waals surface area contributed by atoms with Crippen molar-refractivity contribution in [3.05, 3.63) is 59.3 Å². The Bertz CT molecular complexity index is 1510. The van der Waals surface area contributed by atoms with Gasteiger partial charge in [-0.25, -0.2) is 14.6 Å². The van der Waals surface area contributed by atoms with Gasteiger partial charge in [-0.3, -0.25) is 14.4 Å². The molecule has 1 aromatic heterocycles. The molecule has 0 atom stereocenters. The summed E-state index contributed by atoms with van der Waals surface area (Å²) < 4.78 is 5.20. The number of carbonyl (C=O) groups excluding carboxylic acids is 4. The number of pyridine rings is 1. The van der Waals surface area contributed by atoms with E-state index in [-0.39, 0.29) is 29.7 Å². The maximum absolute atomic E-state index is 13.2. The average Bonchev–Trinajstić information content (AvgIpc) is 3.03. The third-order valence-corrected chi connectivity index (χ3v) is 7.77. The van der Waals surface area contributed by atoms with Crippen molar-refractivity contribution in [1.82, 2.24) is 25.0 Å². The van der Waals surface area contributed by atoms with Gasteiger partial charge in [0.25, 0.3) is 11.8 Å². The monoisotopic (exact) mass is 649 g/mol. The van der Waals surface area contributed by atoms with Crippen LogP contribution in [0.5, 0.6) is 0 Å². The number of hydrogen-bond acceptors (Lipinski definition) is 8. The van der Waals surface area contributed by atoms with E-state index in [0.717, 1.165) is 5.57 Å². The van der Waals surface area contributed by atoms with Crippen molar-refractivity contribution in [3.8, 4) is 0 Å². The summed E-state index contributed by atoms with van der Waals surface area (Å²) in [4.78, 5) is 70.3. The van der Waals surface area contributed by atoms with Gasteiger partial charge in [0.2, 0.25) is 5.91 Å². The van der Waals surface area contributed by atoms with E-state index >= 15 is 0 Å². The van der Waals surface area contributed by atoms with E-state index in [1.165, 1.54) is 4.90 Å². The lowest BCUT2D eigenvalue weighted by molar-refractivity contribution is -0.132. The van der Waals surface area contributed by atoms with E-state index in [0.29, 0.717) is 81.9 Å². The number of anilines is 2. The molecule has 1 fully saturated rings. The molecule has 3 heterocycles. The number of ether oxygens (including phenoxy) is 1. The highest BCUT2D eigenvalue weighted by Crippen LogP contribution is 2.26. The fourth-order valence-electron chi connectivity index (χ4n) is 5.25. The van der Waals surface area contributed by atoms with Crippen LogP contribution in [0.4, 0.5) is 21.1 Å². The minimum absolute atomic E-state index is 0.0276. The Kier molecular flexibility index (Phi) is 11.4. The first kappa shape index (κ1) is 34.7. The molecule has 0 saturated carbocycles. The number of benzene rings is 1. The minimum atomic E-state index is -0.978. The van der Waals surface area contributed by atoms with Gasteiger partial charge in [-0.1, -0.05) is 6.08 Å². The van der Waals surface area contributed by atoms with E-state index < -0.39 is 23.7 Å². The molecule has 4 rings (SSSR count). The van der Waals surface area contributed by atoms with Gasteiger partial charge in [0.05, 0.1) is 11.3 Å². The first-order chi connectivity index (χ1) is 22.3. The number of alkyl carbamates (subject to hydrolysis) is 1. The number of carboxylic acid groups (broad SMARTS) is 1. The number of hydrogen-bond donors (Lipinski definition) is 4. The maximum atomic E-state index is 13.2. The molecular formula is C33H43N7O7. The average molecular weight is 650 g/mol. The number of amides is 5. The van der Waals surface area contributed by atoms with Crippen LogP contribution in [0.25, 0.3) is 5.57 Å². The van der Waals surface area contributed by atoms with E-state index in [9.17, 15) is 29.1 Å². The number of carbonyl (C=O) groups is 5. The molecular weight excluding hydrogens is 606 g/mol. The molecule has 1 saturated heterocycles. The smallest absolute Gasteiger partial charge is 0.407 e. The van der Waals surface area contributed by atoms with E-state index in [1.54, 1.807) is 73.0 Å². The van der Waals surface area contributed by atoms with Gasteiger partial charge in [0.1, 0.15) is 11.4 Å². The second-order valence-corrected chi connectivity index (χ2v) is 12.4. The quantitative estimate of drug-likeness (QED) is 0.279. The predicted octanol–water partition coefficient (Wildman–Crippen LogP) is 3.67. The minimum Gasteiger partial charge on any atom is -0.465 e. The fraction of sp³-hybridized carbons (Fsp3) is 0.455. The summed E-state index contributed by atoms with van der Waals surface area (Å²) in [5, 5.41) is 15.0. The van der Waals surface area contributed by atoms with Gasteiger partial charge >= 0.3 is 12.2 Å². The molecule has 0 bridgehead atoms. The highest BCUT2D eigenvalue weighted by Gasteiger charge is 2.25. The maximum Gasteiger partial charge on any atom is 0.407 e. The number of unbranched alkanes of at least 4 members (excludes halogenated alkanes) is 1. The van der Waals surface area contributed by atoms with Crippen LogP contribution >= 0.6 is 0 Å². The SMILES string of the molecule is CC(C)(C)OC(=O)NCCCCC(=O)N1CCN(C(=O)c2ccc(Nc3nc(C4=CCN(C(=O)O)CC4)ccc3C(N)=O)cc2)CC1. The molecule has 14 nitrogen and oxygen atoms in total. The summed E-state index contributed by atoms with van der Waals surface area (Å²) >= 11 is 0. The van der Waals surface area contributed by atoms with Gasteiger partial charge in [-0.15, -0.1) is 0 Å². The zero-order valence-electron chi connectivity index (χ0n) is 27.1. The zero-order valence-corrected chi connectivity index (χ0v) is 27.1. The molecule has 0 unspecified atom stereocenters. The molecule has 0 aliphatic carbocycles. The molecule has 0 radical (unpaired) electrons. The topological polar surface area (TPSA) is 188 Å². The Hall–Kier alpha value is -5.14. The fourth-order valence-corrected chi connectivity index (χ4v) is 5.25. The summed E-state index contributed by atoms with van der Waals surface area (Å²) in [6.07, 6.45) is 2.51. The Morgan fingerprint density at radius 3 is 2.19 bits per heavy atom. The number of rotatable bonds is 10. The Morgan fingerprint density at radius 1 is 0.915 bits per heavy atom. The van der Waals surface area contributed by atoms with Crippen molar-refractivity contribution in [3.63, 3.8) is 0 Å². The molecule has 2 aliphatic rings. The van der Waals surface area contributed by atoms with Crippen molar-refractivity contribution in [2.24, 2.45) is 5.73 Å². The van der Waals surface area contributed by atoms with Crippen molar-refractivity contribution in [2.45, 2.75) is 52.1 Å². The highest BCUT2D eigenvalue weighted by atomic mass is 16.6. The summed E-state index contributed by atoms with van der Waals surface area (Å²) in [5.74, 6) is -0.508. The van der Waals surface area contributed by atoms with Gasteiger partial charge in [0.15, 0.2) is 0 Å². The zero-order chi connectivity index (χ0) is 34.1. The Balaban J connectivity index is 1.26. The van der Waals surface area contributed by atoms with Crippen molar-refractivity contribution in [1.29, 1.82) is 0 Å². The van der Waals surface area contributed by atoms with Crippen LogP contribution in [0, 0.1) is 0 Å². The Labute approximate surface area is 273 Å². The van der Waals surface area contributed by atoms with Crippen LogP contribution < -0.4 is 16.4 Å². The molecule has 47 heavy (non-hydrogen) atoms. The van der Waals surface area contributed by atoms with Crippen LogP contribution in [0.3, 0.4) is 0 Å². The lowest BCUT2D eigenvalue weighted by Crippen LogP contribution is -2.50. The summed E-state index contributed by atoms with van der Waals surface area (Å²) in [5.41, 5.74) is 7.80. The summed E-state index contributed by atoms with van der Waals surface area (Å²) in [6, 6.07) is 10.1. The molecule has 1 aromatic carbocycles. The summed E-state index contributed by atoms with van der Waals surface area (Å²) in [7, 11) is 0. The predicted molar refractivity (Wildman–Crippen MR) is 175 cm³/mol. The van der Waals surface area contributed by atoms with Crippen LogP contribution in [-0.2, 0) is 9.53 Å². The molecule has 252 valence electrons. The Morgan fingerprint density at radius 2 is 1.60 bits per heavy atom. The standard InChI is InChI=1S/C33H43N7O7/c1-33(2,3)47-31(44)35-15-5-4-6-27(41)38-18-20-39(21-19-38)30(43)23-7-9-24(10-8-23)36-29-25(28(34)42)11-12-26(37-29)22-13-16-40(17-14-22)32(45)46/h7-13H,4-6,14-21H2,1-3H3,(H2,34,42)(H,35,44)(H,36,37)(H,45,46). The molecule has 2 aliphatic heterocycles. The second kappa shape index (κ2) is 15.4. The largest absolute Gasteiger partial charge is 0.465 e. The molecule has 2 aromatic rings. The summed E-state index contributed by atoms with van der Waals surface area (Å²) in [6.45, 7) is 8.17. The third-order valence-electron chi connectivity index (χ3n) is 7.77. The molecule has 5 amide bonds. The van der Waals surface area contributed by atoms with Gasteiger partial charge in [0, 0.05) is 63.5 Å². The number of piperazine rings is 1. The van der Waals surface area contributed by atoms with Crippen molar-refractivity contribution < 1.29 is 33.8 Å². The normalized spacial score (nSPS) is 15.0. The lowest BCUT2D eigenvalue weighted by atomic mass is 10.0. The van der Waals surface area contributed by atoms with Crippen LogP contribution in [0.1, 0.15) is 72.9 Å². The van der Waals surface area contributed by atoms with Crippen LogP contribution in [-0.4, -0.2) is 106 Å². The molecule has 0 spiro atoms. The second-order valence-electron chi connectivity index (χ2n) is 12.4. The number of aromatic nitrogens is 1. The van der Waals surface area contributed by atoms with E-state index in [1.807, 2.05) is 0 Å². The van der Waals surface area contributed by atoms with Crippen LogP contribution in [0.15, 0.2) is 42.5 Å². The number of nitrogens with two attached hydrogens (primary N) is 1. The number of primary amides is 1. The first-order valence-corrected chi connectivity index (χ1v) is 15.7. The van der Waals surface area contributed by atoms with E-state index in [2.05, 4.69) is 15.6 Å². The molecule has 14 heteroatoms. The number of nitrogens with one attached hydrogen (secondary N) is 2. The van der Waals surface area contributed by atoms with Gasteiger partial charge in [-0.2, -0.15) is 0 Å². The van der Waals surface area contributed by atoms with Crippen LogP contribution in [0.2, 0.25) is 0 Å².